The van der Waals surface area contributed by atoms with Crippen LogP contribution in [-0.2, 0) is 4.74 Å². The summed E-state index contributed by atoms with van der Waals surface area (Å²) in [4.78, 5) is 22.3. The molecule has 0 fully saturated rings. The maximum Gasteiger partial charge on any atom is 0.341 e. The van der Waals surface area contributed by atoms with E-state index in [0.29, 0.717) is 0 Å². The van der Waals surface area contributed by atoms with Crippen molar-refractivity contribution in [3.8, 4) is 0 Å². The number of carbonyl (C=O) groups is 2. The largest absolute Gasteiger partial charge is 0.478 e. The van der Waals surface area contributed by atoms with Crippen molar-refractivity contribution in [2.45, 2.75) is 6.92 Å². The van der Waals surface area contributed by atoms with Gasteiger partial charge in [0.1, 0.15) is 0 Å². The number of halogens is 2. The Morgan fingerprint density at radius 2 is 2.00 bits per heavy atom. The van der Waals surface area contributed by atoms with E-state index < -0.39 is 11.9 Å². The lowest BCUT2D eigenvalue weighted by molar-refractivity contribution is 0.0527. The quantitative estimate of drug-likeness (QED) is 0.851. The van der Waals surface area contributed by atoms with Crippen LogP contribution >= 0.6 is 23.2 Å². The molecule has 0 radical (unpaired) electrons. The van der Waals surface area contributed by atoms with Gasteiger partial charge in [-0.15, -0.1) is 0 Å². The Balaban J connectivity index is 3.31. The molecule has 0 spiro atoms. The summed E-state index contributed by atoms with van der Waals surface area (Å²) in [6, 6.07) is 2.53. The molecule has 0 aliphatic rings. The van der Waals surface area contributed by atoms with Crippen LogP contribution < -0.4 is 0 Å². The number of benzene rings is 1. The number of rotatable bonds is 3. The summed E-state index contributed by atoms with van der Waals surface area (Å²) in [7, 11) is 0. The number of ether oxygens (including phenoxy) is 1. The fraction of sp³-hybridized carbons (Fsp3) is 0.200. The van der Waals surface area contributed by atoms with Crippen molar-refractivity contribution < 1.29 is 19.4 Å². The lowest BCUT2D eigenvalue weighted by Gasteiger charge is -2.08. The molecular formula is C10H8Cl2O4. The second-order valence-electron chi connectivity index (χ2n) is 2.81. The van der Waals surface area contributed by atoms with Crippen LogP contribution in [-0.4, -0.2) is 23.7 Å². The second-order valence-corrected chi connectivity index (χ2v) is 3.59. The zero-order valence-corrected chi connectivity index (χ0v) is 9.80. The van der Waals surface area contributed by atoms with Gasteiger partial charge in [-0.05, 0) is 19.1 Å². The molecule has 16 heavy (non-hydrogen) atoms. The Hall–Kier alpha value is -1.26. The third-order valence-electron chi connectivity index (χ3n) is 1.80. The average Bonchev–Trinajstić information content (AvgIpc) is 2.17. The molecule has 0 unspecified atom stereocenters. The van der Waals surface area contributed by atoms with Gasteiger partial charge in [-0.2, -0.15) is 0 Å². The van der Waals surface area contributed by atoms with Gasteiger partial charge in [0.05, 0.1) is 27.8 Å². The van der Waals surface area contributed by atoms with Crippen molar-refractivity contribution in [3.63, 3.8) is 0 Å². The highest BCUT2D eigenvalue weighted by atomic mass is 35.5. The molecule has 0 heterocycles. The highest BCUT2D eigenvalue weighted by molar-refractivity contribution is 6.41. The molecule has 0 saturated carbocycles. The lowest BCUT2D eigenvalue weighted by Crippen LogP contribution is -2.09. The van der Waals surface area contributed by atoms with Gasteiger partial charge in [0.15, 0.2) is 0 Å². The van der Waals surface area contributed by atoms with E-state index in [0.717, 1.165) is 0 Å². The van der Waals surface area contributed by atoms with Crippen LogP contribution in [0.15, 0.2) is 12.1 Å². The van der Waals surface area contributed by atoms with E-state index in [2.05, 4.69) is 0 Å². The van der Waals surface area contributed by atoms with Gasteiger partial charge in [-0.3, -0.25) is 0 Å². The Labute approximate surface area is 102 Å². The molecular weight excluding hydrogens is 255 g/mol. The van der Waals surface area contributed by atoms with Crippen LogP contribution in [0.2, 0.25) is 10.0 Å². The summed E-state index contributed by atoms with van der Waals surface area (Å²) in [5.41, 5.74) is -0.306. The fourth-order valence-electron chi connectivity index (χ4n) is 1.11. The van der Waals surface area contributed by atoms with Crippen molar-refractivity contribution in [1.29, 1.82) is 0 Å². The predicted molar refractivity (Wildman–Crippen MR) is 59.4 cm³/mol. The van der Waals surface area contributed by atoms with Crippen LogP contribution in [0.5, 0.6) is 0 Å². The number of carboxylic acids is 1. The smallest absolute Gasteiger partial charge is 0.341 e. The lowest BCUT2D eigenvalue weighted by atomic mass is 10.1. The first kappa shape index (κ1) is 12.8. The van der Waals surface area contributed by atoms with Crippen molar-refractivity contribution in [3.05, 3.63) is 33.3 Å². The van der Waals surface area contributed by atoms with E-state index in [-0.39, 0.29) is 27.8 Å². The molecule has 0 aromatic heterocycles. The molecule has 0 amide bonds. The highest BCUT2D eigenvalue weighted by Gasteiger charge is 2.21. The Morgan fingerprint density at radius 1 is 1.38 bits per heavy atom. The number of carbonyl (C=O) groups excluding carboxylic acids is 1. The highest BCUT2D eigenvalue weighted by Crippen LogP contribution is 2.28. The van der Waals surface area contributed by atoms with Crippen molar-refractivity contribution in [2.75, 3.05) is 6.61 Å². The van der Waals surface area contributed by atoms with Gasteiger partial charge < -0.3 is 9.84 Å². The molecule has 6 heteroatoms. The minimum atomic E-state index is -1.23. The van der Waals surface area contributed by atoms with Crippen LogP contribution in [0, 0.1) is 0 Å². The van der Waals surface area contributed by atoms with E-state index in [1.807, 2.05) is 0 Å². The summed E-state index contributed by atoms with van der Waals surface area (Å²) in [5, 5.41) is 8.67. The molecule has 1 N–H and O–H groups in total. The van der Waals surface area contributed by atoms with Gasteiger partial charge >= 0.3 is 11.9 Å². The first-order valence-corrected chi connectivity index (χ1v) is 5.13. The Bertz CT molecular complexity index is 443. The molecule has 0 saturated heterocycles. The first-order chi connectivity index (χ1) is 7.49. The summed E-state index contributed by atoms with van der Waals surface area (Å²) in [6.45, 7) is 1.78. The summed E-state index contributed by atoms with van der Waals surface area (Å²) < 4.78 is 4.72. The third-order valence-corrected chi connectivity index (χ3v) is 2.51. The number of aromatic carboxylic acids is 1. The number of hydrogen-bond donors (Lipinski definition) is 1. The minimum Gasteiger partial charge on any atom is -0.478 e. The van der Waals surface area contributed by atoms with Crippen LogP contribution in [0.4, 0.5) is 0 Å². The number of carboxylic acid groups (broad SMARTS) is 1. The molecule has 1 aromatic rings. The van der Waals surface area contributed by atoms with Crippen molar-refractivity contribution in [1.82, 2.24) is 0 Å². The van der Waals surface area contributed by atoms with Crippen LogP contribution in [0.3, 0.4) is 0 Å². The minimum absolute atomic E-state index is 0.0634. The Kier molecular flexibility index (Phi) is 4.15. The standard InChI is InChI=1S/C10H8Cl2O4/c1-2-16-10(15)7-6(11)4-3-5(8(7)12)9(13)14/h3-4H,2H2,1H3,(H,13,14). The number of esters is 1. The fourth-order valence-corrected chi connectivity index (χ4v) is 1.71. The van der Waals surface area contributed by atoms with Crippen LogP contribution in [0.25, 0.3) is 0 Å². The van der Waals surface area contributed by atoms with E-state index in [1.54, 1.807) is 6.92 Å². The number of hydrogen-bond acceptors (Lipinski definition) is 3. The molecule has 1 aromatic carbocycles. The van der Waals surface area contributed by atoms with Gasteiger partial charge in [-0.25, -0.2) is 9.59 Å². The van der Waals surface area contributed by atoms with Gasteiger partial charge in [0.2, 0.25) is 0 Å². The average molecular weight is 263 g/mol. The van der Waals surface area contributed by atoms with Crippen molar-refractivity contribution in [2.24, 2.45) is 0 Å². The zero-order valence-electron chi connectivity index (χ0n) is 8.29. The predicted octanol–water partition coefficient (Wildman–Crippen LogP) is 2.87. The van der Waals surface area contributed by atoms with E-state index >= 15 is 0 Å². The molecule has 86 valence electrons. The first-order valence-electron chi connectivity index (χ1n) is 4.37. The molecule has 4 nitrogen and oxygen atoms in total. The topological polar surface area (TPSA) is 63.6 Å². The van der Waals surface area contributed by atoms with E-state index in [9.17, 15) is 9.59 Å². The summed E-state index contributed by atoms with van der Waals surface area (Å²) in [6.07, 6.45) is 0. The molecule has 0 bridgehead atoms. The van der Waals surface area contributed by atoms with Crippen LogP contribution in [0.1, 0.15) is 27.6 Å². The monoisotopic (exact) mass is 262 g/mol. The molecule has 0 atom stereocenters. The Morgan fingerprint density at radius 3 is 2.50 bits per heavy atom. The van der Waals surface area contributed by atoms with Gasteiger partial charge in [0, 0.05) is 0 Å². The van der Waals surface area contributed by atoms with Crippen molar-refractivity contribution >= 4 is 35.1 Å². The van der Waals surface area contributed by atoms with Gasteiger partial charge in [-0.1, -0.05) is 23.2 Å². The second kappa shape index (κ2) is 5.18. The van der Waals surface area contributed by atoms with E-state index in [1.165, 1.54) is 12.1 Å². The van der Waals surface area contributed by atoms with E-state index in [4.69, 9.17) is 33.0 Å². The normalized spacial score (nSPS) is 9.94. The maximum absolute atomic E-state index is 11.5. The SMILES string of the molecule is CCOC(=O)c1c(Cl)ccc(C(=O)O)c1Cl. The summed E-state index contributed by atoms with van der Waals surface area (Å²) >= 11 is 11.5. The van der Waals surface area contributed by atoms with Gasteiger partial charge in [0.25, 0.3) is 0 Å². The molecule has 1 rings (SSSR count). The maximum atomic E-state index is 11.5. The summed E-state index contributed by atoms with van der Waals surface area (Å²) in [5.74, 6) is -1.96. The third kappa shape index (κ3) is 2.46. The molecule has 0 aliphatic carbocycles. The molecule has 0 aliphatic heterocycles. The zero-order chi connectivity index (χ0) is 12.3.